The Morgan fingerprint density at radius 3 is 2.67 bits per heavy atom. The molecule has 1 aromatic heterocycles. The summed E-state index contributed by atoms with van der Waals surface area (Å²) in [7, 11) is 0. The number of nitrogens with one attached hydrogen (secondary N) is 1. The van der Waals surface area contributed by atoms with Crippen LogP contribution in [-0.2, 0) is 4.79 Å². The van der Waals surface area contributed by atoms with Crippen molar-refractivity contribution in [1.82, 2.24) is 10.2 Å². The summed E-state index contributed by atoms with van der Waals surface area (Å²) in [6, 6.07) is 0. The predicted octanol–water partition coefficient (Wildman–Crippen LogP) is 4.90. The molecule has 1 aromatic rings. The molecule has 6 heteroatoms. The molecule has 0 aliphatic carbocycles. The zero-order chi connectivity index (χ0) is 15.3. The van der Waals surface area contributed by atoms with Crippen molar-refractivity contribution in [3.63, 3.8) is 0 Å². The number of rotatable bonds is 12. The normalized spacial score (nSPS) is 10.5. The Balaban J connectivity index is 2.04. The number of allylic oxidation sites excluding steroid dienone is 1. The molecule has 0 aliphatic rings. The number of carbonyl (C=O) groups is 1. The first-order valence-electron chi connectivity index (χ1n) is 7.63. The van der Waals surface area contributed by atoms with Gasteiger partial charge in [-0.15, -0.1) is 16.8 Å². The smallest absolute Gasteiger partial charge is 0.226 e. The van der Waals surface area contributed by atoms with E-state index >= 15 is 0 Å². The van der Waals surface area contributed by atoms with Gasteiger partial charge in [0.25, 0.3) is 0 Å². The molecule has 0 bridgehead atoms. The fourth-order valence-electron chi connectivity index (χ4n) is 1.91. The lowest BCUT2D eigenvalue weighted by atomic mass is 10.1. The molecule has 0 radical (unpaired) electrons. The first-order valence-corrected chi connectivity index (χ1v) is 9.43. The molecule has 21 heavy (non-hydrogen) atoms. The van der Waals surface area contributed by atoms with Crippen molar-refractivity contribution in [2.24, 2.45) is 0 Å². The lowest BCUT2D eigenvalue weighted by Gasteiger charge is -2.02. The molecular weight excluding hydrogens is 302 g/mol. The third-order valence-electron chi connectivity index (χ3n) is 2.98. The quantitative estimate of drug-likeness (QED) is 0.257. The maximum atomic E-state index is 11.8. The summed E-state index contributed by atoms with van der Waals surface area (Å²) in [4.78, 5) is 11.8. The number of unbranched alkanes of at least 4 members (excludes halogenated alkanes) is 6. The van der Waals surface area contributed by atoms with Gasteiger partial charge in [0.2, 0.25) is 11.0 Å². The van der Waals surface area contributed by atoms with Gasteiger partial charge in [0.05, 0.1) is 0 Å². The highest BCUT2D eigenvalue weighted by Gasteiger charge is 2.07. The highest BCUT2D eigenvalue weighted by molar-refractivity contribution is 8.01. The molecule has 0 saturated carbocycles. The van der Waals surface area contributed by atoms with Gasteiger partial charge in [0, 0.05) is 6.42 Å². The van der Waals surface area contributed by atoms with Gasteiger partial charge in [-0.3, -0.25) is 4.79 Å². The van der Waals surface area contributed by atoms with E-state index in [9.17, 15) is 4.79 Å². The van der Waals surface area contributed by atoms with Gasteiger partial charge in [0.15, 0.2) is 4.34 Å². The summed E-state index contributed by atoms with van der Waals surface area (Å²) < 4.78 is 0.910. The van der Waals surface area contributed by atoms with Gasteiger partial charge in [-0.25, -0.2) is 0 Å². The van der Waals surface area contributed by atoms with E-state index < -0.39 is 0 Å². The lowest BCUT2D eigenvalue weighted by molar-refractivity contribution is -0.116. The molecule has 118 valence electrons. The lowest BCUT2D eigenvalue weighted by Crippen LogP contribution is -2.10. The molecule has 1 N–H and O–H groups in total. The van der Waals surface area contributed by atoms with E-state index in [1.54, 1.807) is 11.8 Å². The fourth-order valence-corrected chi connectivity index (χ4v) is 3.57. The number of aromatic nitrogens is 2. The molecule has 1 rings (SSSR count). The van der Waals surface area contributed by atoms with Crippen molar-refractivity contribution in [2.75, 3.05) is 11.1 Å². The Hall–Kier alpha value is -0.880. The van der Waals surface area contributed by atoms with Crippen LogP contribution >= 0.6 is 23.1 Å². The molecule has 0 atom stereocenters. The molecule has 0 spiro atoms. The van der Waals surface area contributed by atoms with Crippen molar-refractivity contribution >= 4 is 34.1 Å². The topological polar surface area (TPSA) is 54.9 Å². The van der Waals surface area contributed by atoms with Gasteiger partial charge in [-0.2, -0.15) is 0 Å². The van der Waals surface area contributed by atoms with Crippen molar-refractivity contribution in [3.05, 3.63) is 12.7 Å². The molecule has 0 aliphatic heterocycles. The van der Waals surface area contributed by atoms with E-state index in [1.807, 2.05) is 6.08 Å². The summed E-state index contributed by atoms with van der Waals surface area (Å²) >= 11 is 3.08. The van der Waals surface area contributed by atoms with Crippen LogP contribution in [0.25, 0.3) is 0 Å². The van der Waals surface area contributed by atoms with Gasteiger partial charge in [-0.1, -0.05) is 61.8 Å². The van der Waals surface area contributed by atoms with E-state index in [0.29, 0.717) is 11.6 Å². The second kappa shape index (κ2) is 11.7. The maximum absolute atomic E-state index is 11.8. The van der Waals surface area contributed by atoms with Crippen molar-refractivity contribution < 1.29 is 4.79 Å². The van der Waals surface area contributed by atoms with E-state index in [1.165, 1.54) is 37.0 Å². The standard InChI is InChI=1S/C15H25N3OS2/c1-3-5-6-7-8-9-10-11-12-13(19)16-14-17-18-15(21-14)20-4-2/h3H,1,4-12H2,2H3,(H,16,17,19). The first-order chi connectivity index (χ1) is 10.3. The highest BCUT2D eigenvalue weighted by atomic mass is 32.2. The maximum Gasteiger partial charge on any atom is 0.226 e. The Labute approximate surface area is 135 Å². The summed E-state index contributed by atoms with van der Waals surface area (Å²) in [6.45, 7) is 5.79. The van der Waals surface area contributed by atoms with E-state index in [0.717, 1.165) is 29.4 Å². The second-order valence-corrected chi connectivity index (χ2v) is 7.29. The minimum absolute atomic E-state index is 0.0471. The molecule has 0 unspecified atom stereocenters. The van der Waals surface area contributed by atoms with Crippen LogP contribution in [0.5, 0.6) is 0 Å². The molecule has 1 amide bonds. The van der Waals surface area contributed by atoms with Crippen LogP contribution in [0.3, 0.4) is 0 Å². The van der Waals surface area contributed by atoms with Crippen LogP contribution in [0.2, 0.25) is 0 Å². The van der Waals surface area contributed by atoms with Gasteiger partial charge >= 0.3 is 0 Å². The average molecular weight is 328 g/mol. The SMILES string of the molecule is C=CCCCCCCCCC(=O)Nc1nnc(SCC)s1. The van der Waals surface area contributed by atoms with Crippen LogP contribution < -0.4 is 5.32 Å². The van der Waals surface area contributed by atoms with Crippen LogP contribution in [0.1, 0.15) is 58.3 Å². The van der Waals surface area contributed by atoms with E-state index in [4.69, 9.17) is 0 Å². The average Bonchev–Trinajstić information content (AvgIpc) is 2.89. The molecule has 0 saturated heterocycles. The first kappa shape index (κ1) is 18.2. The van der Waals surface area contributed by atoms with Crippen LogP contribution in [0, 0.1) is 0 Å². The summed E-state index contributed by atoms with van der Waals surface area (Å²) in [5.41, 5.74) is 0. The molecule has 4 nitrogen and oxygen atoms in total. The number of nitrogens with zero attached hydrogens (tertiary/aromatic N) is 2. The van der Waals surface area contributed by atoms with E-state index in [-0.39, 0.29) is 5.91 Å². The Kier molecular flexibility index (Phi) is 10.2. The molecule has 0 aromatic carbocycles. The van der Waals surface area contributed by atoms with E-state index in [2.05, 4.69) is 29.0 Å². The molecule has 1 heterocycles. The molecular formula is C15H25N3OS2. The number of thioether (sulfide) groups is 1. The monoisotopic (exact) mass is 327 g/mol. The highest BCUT2D eigenvalue weighted by Crippen LogP contribution is 2.25. The minimum atomic E-state index is 0.0471. The zero-order valence-corrected chi connectivity index (χ0v) is 14.4. The minimum Gasteiger partial charge on any atom is -0.301 e. The second-order valence-electron chi connectivity index (χ2n) is 4.80. The number of amides is 1. The van der Waals surface area contributed by atoms with Crippen molar-refractivity contribution in [1.29, 1.82) is 0 Å². The Morgan fingerprint density at radius 1 is 1.24 bits per heavy atom. The third kappa shape index (κ3) is 8.88. The number of anilines is 1. The molecule has 0 fully saturated rings. The van der Waals surface area contributed by atoms with Crippen molar-refractivity contribution in [3.8, 4) is 0 Å². The zero-order valence-electron chi connectivity index (χ0n) is 12.8. The number of carbonyl (C=O) groups excluding carboxylic acids is 1. The van der Waals surface area contributed by atoms with Gasteiger partial charge < -0.3 is 5.32 Å². The van der Waals surface area contributed by atoms with Gasteiger partial charge in [-0.05, 0) is 25.0 Å². The Morgan fingerprint density at radius 2 is 1.95 bits per heavy atom. The fraction of sp³-hybridized carbons (Fsp3) is 0.667. The number of hydrogen-bond acceptors (Lipinski definition) is 5. The summed E-state index contributed by atoms with van der Waals surface area (Å²) in [5, 5.41) is 11.4. The summed E-state index contributed by atoms with van der Waals surface area (Å²) in [5.74, 6) is 1.01. The van der Waals surface area contributed by atoms with Crippen molar-refractivity contribution in [2.45, 2.75) is 62.6 Å². The van der Waals surface area contributed by atoms with Gasteiger partial charge in [0.1, 0.15) is 0 Å². The predicted molar refractivity (Wildman–Crippen MR) is 92.1 cm³/mol. The third-order valence-corrected chi connectivity index (χ3v) is 4.84. The summed E-state index contributed by atoms with van der Waals surface area (Å²) in [6.07, 6.45) is 10.7. The Bertz CT molecular complexity index is 421. The largest absolute Gasteiger partial charge is 0.301 e. The van der Waals surface area contributed by atoms with Crippen LogP contribution in [0.4, 0.5) is 5.13 Å². The van der Waals surface area contributed by atoms with Crippen LogP contribution in [-0.4, -0.2) is 21.9 Å². The van der Waals surface area contributed by atoms with Crippen LogP contribution in [0.15, 0.2) is 17.0 Å². The number of hydrogen-bond donors (Lipinski definition) is 1.